The molecular formula is C18H35O3-. The highest BCUT2D eigenvalue weighted by Gasteiger charge is 2.20. The standard InChI is InChI=1S/C18H36O3/c1-5-6-7-10-15(2)11-8-13-18(4,21)14-9-12-16(3)17(19)20/h15-16,21H,5-14H2,1-4H3,(H,19,20)/p-1. The Hall–Kier alpha value is -0.570. The average Bonchev–Trinajstić information content (AvgIpc) is 2.38. The van der Waals surface area contributed by atoms with Crippen molar-refractivity contribution >= 4 is 5.97 Å². The zero-order chi connectivity index (χ0) is 16.3. The van der Waals surface area contributed by atoms with Crippen LogP contribution in [-0.4, -0.2) is 16.7 Å². The minimum absolute atomic E-state index is 0.417. The molecule has 0 aliphatic rings. The van der Waals surface area contributed by atoms with E-state index in [-0.39, 0.29) is 0 Å². The first-order valence-electron chi connectivity index (χ1n) is 8.71. The lowest BCUT2D eigenvalue weighted by Gasteiger charge is -2.25. The Balaban J connectivity index is 3.74. The van der Waals surface area contributed by atoms with Crippen LogP contribution in [0, 0.1) is 11.8 Å². The second-order valence-electron chi connectivity index (χ2n) is 7.10. The van der Waals surface area contributed by atoms with Crippen molar-refractivity contribution in [3.8, 4) is 0 Å². The fourth-order valence-corrected chi connectivity index (χ4v) is 2.75. The van der Waals surface area contributed by atoms with Gasteiger partial charge in [-0.3, -0.25) is 0 Å². The van der Waals surface area contributed by atoms with Crippen LogP contribution in [0.3, 0.4) is 0 Å². The lowest BCUT2D eigenvalue weighted by molar-refractivity contribution is -0.311. The molecule has 3 unspecified atom stereocenters. The van der Waals surface area contributed by atoms with Crippen molar-refractivity contribution in [3.05, 3.63) is 0 Å². The summed E-state index contributed by atoms with van der Waals surface area (Å²) in [5, 5.41) is 21.0. The van der Waals surface area contributed by atoms with Crippen LogP contribution in [0.2, 0.25) is 0 Å². The molecule has 3 heteroatoms. The third-order valence-corrected chi connectivity index (χ3v) is 4.47. The van der Waals surface area contributed by atoms with Gasteiger partial charge < -0.3 is 15.0 Å². The van der Waals surface area contributed by atoms with Gasteiger partial charge in [-0.1, -0.05) is 59.3 Å². The Kier molecular flexibility index (Phi) is 10.8. The maximum Gasteiger partial charge on any atom is 0.0619 e. The van der Waals surface area contributed by atoms with E-state index in [1.54, 1.807) is 6.92 Å². The van der Waals surface area contributed by atoms with Crippen LogP contribution in [-0.2, 0) is 4.79 Å². The molecule has 3 atom stereocenters. The first-order valence-corrected chi connectivity index (χ1v) is 8.71. The van der Waals surface area contributed by atoms with Crippen molar-refractivity contribution in [1.82, 2.24) is 0 Å². The van der Waals surface area contributed by atoms with Crippen LogP contribution < -0.4 is 5.11 Å². The van der Waals surface area contributed by atoms with Gasteiger partial charge in [-0.2, -0.15) is 0 Å². The smallest absolute Gasteiger partial charge is 0.0619 e. The monoisotopic (exact) mass is 299 g/mol. The molecule has 0 saturated heterocycles. The van der Waals surface area contributed by atoms with E-state index in [0.29, 0.717) is 12.8 Å². The fraction of sp³-hybridized carbons (Fsp3) is 0.944. The van der Waals surface area contributed by atoms with Crippen molar-refractivity contribution in [1.29, 1.82) is 0 Å². The van der Waals surface area contributed by atoms with E-state index < -0.39 is 17.5 Å². The summed E-state index contributed by atoms with van der Waals surface area (Å²) in [5.41, 5.74) is -0.658. The number of carboxylic acids is 1. The predicted molar refractivity (Wildman–Crippen MR) is 85.8 cm³/mol. The molecule has 0 fully saturated rings. The molecule has 126 valence electrons. The first kappa shape index (κ1) is 20.4. The Bertz CT molecular complexity index is 274. The van der Waals surface area contributed by atoms with E-state index in [0.717, 1.165) is 25.2 Å². The highest BCUT2D eigenvalue weighted by molar-refractivity contribution is 5.66. The van der Waals surface area contributed by atoms with Crippen molar-refractivity contribution < 1.29 is 15.0 Å². The van der Waals surface area contributed by atoms with E-state index in [2.05, 4.69) is 13.8 Å². The third-order valence-electron chi connectivity index (χ3n) is 4.47. The molecule has 0 saturated carbocycles. The fourth-order valence-electron chi connectivity index (χ4n) is 2.75. The molecule has 0 amide bonds. The summed E-state index contributed by atoms with van der Waals surface area (Å²) in [4.78, 5) is 10.6. The molecule has 0 aromatic carbocycles. The number of aliphatic hydroxyl groups is 1. The predicted octanol–water partition coefficient (Wildman–Crippen LogP) is 3.68. The molecule has 1 N–H and O–H groups in total. The number of aliphatic carboxylic acids is 1. The van der Waals surface area contributed by atoms with Gasteiger partial charge in [0.15, 0.2) is 0 Å². The second-order valence-corrected chi connectivity index (χ2v) is 7.10. The van der Waals surface area contributed by atoms with Gasteiger partial charge in [0.25, 0.3) is 0 Å². The molecule has 0 aliphatic heterocycles. The third kappa shape index (κ3) is 11.7. The van der Waals surface area contributed by atoms with E-state index in [4.69, 9.17) is 0 Å². The number of carbonyl (C=O) groups is 1. The Morgan fingerprint density at radius 3 is 2.10 bits per heavy atom. The average molecular weight is 299 g/mol. The second kappa shape index (κ2) is 11.1. The highest BCUT2D eigenvalue weighted by atomic mass is 16.4. The molecule has 0 spiro atoms. The molecule has 3 nitrogen and oxygen atoms in total. The van der Waals surface area contributed by atoms with Gasteiger partial charge >= 0.3 is 0 Å². The molecule has 0 aromatic rings. The van der Waals surface area contributed by atoms with Crippen LogP contribution in [0.1, 0.15) is 91.9 Å². The minimum atomic E-state index is -0.990. The van der Waals surface area contributed by atoms with Crippen molar-refractivity contribution in [2.45, 2.75) is 97.5 Å². The van der Waals surface area contributed by atoms with E-state index in [9.17, 15) is 15.0 Å². The first-order chi connectivity index (χ1) is 9.78. The van der Waals surface area contributed by atoms with Crippen molar-refractivity contribution in [2.75, 3.05) is 0 Å². The van der Waals surface area contributed by atoms with E-state index >= 15 is 0 Å². The summed E-state index contributed by atoms with van der Waals surface area (Å²) < 4.78 is 0. The van der Waals surface area contributed by atoms with Crippen LogP contribution in [0.4, 0.5) is 0 Å². The summed E-state index contributed by atoms with van der Waals surface area (Å²) in [6.07, 6.45) is 10.2. The number of unbranched alkanes of at least 4 members (excludes halogenated alkanes) is 2. The highest BCUT2D eigenvalue weighted by Crippen LogP contribution is 2.24. The van der Waals surface area contributed by atoms with E-state index in [1.165, 1.54) is 32.1 Å². The quantitative estimate of drug-likeness (QED) is 0.528. The van der Waals surface area contributed by atoms with Gasteiger partial charge in [-0.05, 0) is 44.4 Å². The van der Waals surface area contributed by atoms with Gasteiger partial charge in [0.2, 0.25) is 0 Å². The molecule has 0 aromatic heterocycles. The SMILES string of the molecule is CCCCCC(C)CCCC(C)(O)CCCC(C)C(=O)[O-]. The van der Waals surface area contributed by atoms with Gasteiger partial charge in [0.1, 0.15) is 0 Å². The number of carboxylic acid groups (broad SMARTS) is 1. The van der Waals surface area contributed by atoms with E-state index in [1.807, 2.05) is 6.92 Å². The van der Waals surface area contributed by atoms with Crippen LogP contribution in [0.15, 0.2) is 0 Å². The number of rotatable bonds is 13. The van der Waals surface area contributed by atoms with Crippen molar-refractivity contribution in [3.63, 3.8) is 0 Å². The lowest BCUT2D eigenvalue weighted by atomic mass is 9.88. The van der Waals surface area contributed by atoms with Crippen LogP contribution in [0.25, 0.3) is 0 Å². The Morgan fingerprint density at radius 1 is 1.05 bits per heavy atom. The van der Waals surface area contributed by atoms with Crippen molar-refractivity contribution in [2.24, 2.45) is 11.8 Å². The largest absolute Gasteiger partial charge is 0.550 e. The van der Waals surface area contributed by atoms with Gasteiger partial charge in [0.05, 0.1) is 5.60 Å². The zero-order valence-electron chi connectivity index (χ0n) is 14.5. The molecule has 0 radical (unpaired) electrons. The van der Waals surface area contributed by atoms with Gasteiger partial charge in [-0.25, -0.2) is 0 Å². The summed E-state index contributed by atoms with van der Waals surface area (Å²) in [6.45, 7) is 8.06. The summed E-state index contributed by atoms with van der Waals surface area (Å²) in [5.74, 6) is -0.666. The summed E-state index contributed by atoms with van der Waals surface area (Å²) >= 11 is 0. The minimum Gasteiger partial charge on any atom is -0.550 e. The zero-order valence-corrected chi connectivity index (χ0v) is 14.5. The number of hydrogen-bond donors (Lipinski definition) is 1. The van der Waals surface area contributed by atoms with Crippen LogP contribution in [0.5, 0.6) is 0 Å². The summed E-state index contributed by atoms with van der Waals surface area (Å²) in [7, 11) is 0. The van der Waals surface area contributed by atoms with Gasteiger partial charge in [-0.15, -0.1) is 0 Å². The molecule has 21 heavy (non-hydrogen) atoms. The number of carbonyl (C=O) groups excluding carboxylic acids is 1. The van der Waals surface area contributed by atoms with Crippen LogP contribution >= 0.6 is 0 Å². The maximum absolute atomic E-state index is 10.6. The Morgan fingerprint density at radius 2 is 1.57 bits per heavy atom. The van der Waals surface area contributed by atoms with Gasteiger partial charge in [0, 0.05) is 5.97 Å². The summed E-state index contributed by atoms with van der Waals surface area (Å²) in [6, 6.07) is 0. The molecular weight excluding hydrogens is 264 g/mol. The number of hydrogen-bond acceptors (Lipinski definition) is 3. The molecule has 0 bridgehead atoms. The normalized spacial score (nSPS) is 17.2. The molecule has 0 heterocycles. The topological polar surface area (TPSA) is 60.4 Å². The maximum atomic E-state index is 10.6. The molecule has 0 aliphatic carbocycles. The lowest BCUT2D eigenvalue weighted by Crippen LogP contribution is -2.30. The molecule has 0 rings (SSSR count). The Labute approximate surface area is 131 Å².